The molecule has 3 aliphatic rings. The number of halogens is 3. The van der Waals surface area contributed by atoms with Crippen LogP contribution in [0.15, 0.2) is 0 Å². The van der Waals surface area contributed by atoms with Gasteiger partial charge >= 0.3 is 6.18 Å². The van der Waals surface area contributed by atoms with Crippen molar-refractivity contribution in [3.05, 3.63) is 0 Å². The molecule has 5 heteroatoms. The van der Waals surface area contributed by atoms with Crippen molar-refractivity contribution in [3.63, 3.8) is 0 Å². The third-order valence-corrected chi connectivity index (χ3v) is 8.72. The van der Waals surface area contributed by atoms with Gasteiger partial charge in [-0.05, 0) is 81.0 Å². The SMILES string of the molecule is CCCC1CCC(C2CCC3CC(O[SiH2]C)(C(F)(F)F)CCC3C2)CC1. The summed E-state index contributed by atoms with van der Waals surface area (Å²) in [6, 6.07) is 0. The van der Waals surface area contributed by atoms with E-state index in [1.54, 1.807) is 0 Å². The molecule has 0 heterocycles. The molecule has 3 aliphatic carbocycles. The van der Waals surface area contributed by atoms with E-state index in [9.17, 15) is 13.2 Å². The summed E-state index contributed by atoms with van der Waals surface area (Å²) in [4.78, 5) is 0. The molecule has 3 rings (SSSR count). The maximum absolute atomic E-state index is 13.7. The normalized spacial score (nSPS) is 42.1. The predicted octanol–water partition coefficient (Wildman–Crippen LogP) is 6.26. The molecular formula is C21H37F3OSi. The zero-order valence-corrected chi connectivity index (χ0v) is 18.0. The first-order valence-corrected chi connectivity index (χ1v) is 13.1. The number of hydrogen-bond acceptors (Lipinski definition) is 1. The Hall–Kier alpha value is -0.0331. The van der Waals surface area contributed by atoms with Crippen LogP contribution in [0.25, 0.3) is 0 Å². The second-order valence-corrected chi connectivity index (χ2v) is 10.2. The first kappa shape index (κ1) is 20.7. The number of rotatable bonds is 5. The first-order chi connectivity index (χ1) is 12.4. The smallest absolute Gasteiger partial charge is 0.411 e. The van der Waals surface area contributed by atoms with Crippen LogP contribution in [0, 0.1) is 29.6 Å². The molecule has 0 spiro atoms. The summed E-state index contributed by atoms with van der Waals surface area (Å²) in [7, 11) is -1.06. The molecule has 3 fully saturated rings. The Kier molecular flexibility index (Phi) is 6.80. The Balaban J connectivity index is 1.55. The molecule has 0 aromatic carbocycles. The fraction of sp³-hybridized carbons (Fsp3) is 1.00. The molecule has 0 aromatic heterocycles. The van der Waals surface area contributed by atoms with Crippen LogP contribution in [0.2, 0.25) is 6.55 Å². The summed E-state index contributed by atoms with van der Waals surface area (Å²) in [5.74, 6) is 3.31. The van der Waals surface area contributed by atoms with Gasteiger partial charge in [0.25, 0.3) is 0 Å². The molecule has 4 unspecified atom stereocenters. The van der Waals surface area contributed by atoms with Crippen molar-refractivity contribution in [1.29, 1.82) is 0 Å². The van der Waals surface area contributed by atoms with Gasteiger partial charge in [0.05, 0.1) is 0 Å². The lowest BCUT2D eigenvalue weighted by Crippen LogP contribution is -2.54. The molecule has 0 N–H and O–H groups in total. The van der Waals surface area contributed by atoms with Crippen LogP contribution in [0.4, 0.5) is 13.2 Å². The van der Waals surface area contributed by atoms with Crippen LogP contribution < -0.4 is 0 Å². The molecule has 4 atom stereocenters. The van der Waals surface area contributed by atoms with Crippen LogP contribution >= 0.6 is 0 Å². The van der Waals surface area contributed by atoms with Gasteiger partial charge in [0.1, 0.15) is 0 Å². The zero-order chi connectivity index (χ0) is 18.8. The monoisotopic (exact) mass is 390 g/mol. The van der Waals surface area contributed by atoms with Gasteiger partial charge in [0, 0.05) is 0 Å². The van der Waals surface area contributed by atoms with Crippen LogP contribution in [-0.4, -0.2) is 21.5 Å². The maximum atomic E-state index is 13.7. The fourth-order valence-electron chi connectivity index (χ4n) is 6.46. The molecule has 0 aromatic rings. The Morgan fingerprint density at radius 1 is 0.923 bits per heavy atom. The van der Waals surface area contributed by atoms with E-state index in [2.05, 4.69) is 6.92 Å². The minimum atomic E-state index is -4.20. The minimum Gasteiger partial charge on any atom is -0.411 e. The Morgan fingerprint density at radius 2 is 1.54 bits per heavy atom. The first-order valence-electron chi connectivity index (χ1n) is 11.1. The lowest BCUT2D eigenvalue weighted by molar-refractivity contribution is -0.268. The molecule has 0 bridgehead atoms. The molecule has 26 heavy (non-hydrogen) atoms. The van der Waals surface area contributed by atoms with Crippen LogP contribution in [0.1, 0.15) is 84.0 Å². The van der Waals surface area contributed by atoms with Gasteiger partial charge in [0.2, 0.25) is 0 Å². The van der Waals surface area contributed by atoms with Gasteiger partial charge in [-0.3, -0.25) is 0 Å². The third-order valence-electron chi connectivity index (χ3n) is 7.88. The van der Waals surface area contributed by atoms with E-state index in [1.807, 2.05) is 6.55 Å². The summed E-state index contributed by atoms with van der Waals surface area (Å²) in [5.41, 5.74) is -1.81. The summed E-state index contributed by atoms with van der Waals surface area (Å²) < 4.78 is 46.6. The highest BCUT2D eigenvalue weighted by molar-refractivity contribution is 6.25. The molecule has 0 amide bonds. The fourth-order valence-corrected chi connectivity index (χ4v) is 7.44. The predicted molar refractivity (Wildman–Crippen MR) is 103 cm³/mol. The number of fused-ring (bicyclic) bond motifs is 1. The van der Waals surface area contributed by atoms with Crippen LogP contribution in [-0.2, 0) is 4.43 Å². The summed E-state index contributed by atoms with van der Waals surface area (Å²) in [6.07, 6.45) is 8.47. The Labute approximate surface area is 159 Å². The molecule has 1 nitrogen and oxygen atoms in total. The standard InChI is InChI=1S/C21H37F3OSi/c1-3-4-15-5-7-16(8-6-15)17-9-10-19-14-20(25-26-2,21(22,23)24)12-11-18(19)13-17/h15-19H,3-14,26H2,1-2H3. The highest BCUT2D eigenvalue weighted by Gasteiger charge is 2.59. The van der Waals surface area contributed by atoms with E-state index in [1.165, 1.54) is 44.9 Å². The molecule has 3 saturated carbocycles. The molecule has 152 valence electrons. The molecular weight excluding hydrogens is 353 g/mol. The van der Waals surface area contributed by atoms with Gasteiger partial charge in [-0.1, -0.05) is 39.2 Å². The second-order valence-electron chi connectivity index (χ2n) is 9.33. The van der Waals surface area contributed by atoms with Crippen LogP contribution in [0.3, 0.4) is 0 Å². The second kappa shape index (κ2) is 8.55. The third kappa shape index (κ3) is 4.34. The highest BCUT2D eigenvalue weighted by atomic mass is 28.2. The van der Waals surface area contributed by atoms with Crippen molar-refractivity contribution in [3.8, 4) is 0 Å². The zero-order valence-electron chi connectivity index (χ0n) is 16.6. The average molecular weight is 391 g/mol. The average Bonchev–Trinajstić information content (AvgIpc) is 2.61. The highest BCUT2D eigenvalue weighted by Crippen LogP contribution is 2.54. The lowest BCUT2D eigenvalue weighted by atomic mass is 9.60. The van der Waals surface area contributed by atoms with Crippen molar-refractivity contribution >= 4 is 9.76 Å². The van der Waals surface area contributed by atoms with E-state index in [-0.39, 0.29) is 18.8 Å². The van der Waals surface area contributed by atoms with E-state index in [4.69, 9.17) is 4.43 Å². The maximum Gasteiger partial charge on any atom is 0.416 e. The topological polar surface area (TPSA) is 9.23 Å². The van der Waals surface area contributed by atoms with Gasteiger partial charge < -0.3 is 4.43 Å². The van der Waals surface area contributed by atoms with E-state index in [0.717, 1.165) is 37.0 Å². The number of alkyl halides is 3. The van der Waals surface area contributed by atoms with Crippen molar-refractivity contribution in [2.24, 2.45) is 29.6 Å². The summed E-state index contributed by atoms with van der Waals surface area (Å²) >= 11 is 0. The van der Waals surface area contributed by atoms with Crippen molar-refractivity contribution < 1.29 is 17.6 Å². The van der Waals surface area contributed by atoms with E-state index in [0.29, 0.717) is 5.92 Å². The molecule has 0 radical (unpaired) electrons. The van der Waals surface area contributed by atoms with Gasteiger partial charge in [-0.2, -0.15) is 13.2 Å². The van der Waals surface area contributed by atoms with E-state index < -0.39 is 21.5 Å². The van der Waals surface area contributed by atoms with E-state index >= 15 is 0 Å². The summed E-state index contributed by atoms with van der Waals surface area (Å²) in [6.45, 7) is 4.10. The van der Waals surface area contributed by atoms with Crippen molar-refractivity contribution in [1.82, 2.24) is 0 Å². The van der Waals surface area contributed by atoms with Crippen molar-refractivity contribution in [2.45, 2.75) is 102 Å². The number of hydrogen-bond donors (Lipinski definition) is 0. The van der Waals surface area contributed by atoms with Gasteiger partial charge in [-0.15, -0.1) is 0 Å². The van der Waals surface area contributed by atoms with Gasteiger partial charge in [0.15, 0.2) is 15.4 Å². The largest absolute Gasteiger partial charge is 0.416 e. The summed E-state index contributed by atoms with van der Waals surface area (Å²) in [5, 5.41) is 0. The lowest BCUT2D eigenvalue weighted by Gasteiger charge is -2.50. The quantitative estimate of drug-likeness (QED) is 0.504. The minimum absolute atomic E-state index is 0.203. The Bertz CT molecular complexity index is 447. The Morgan fingerprint density at radius 3 is 2.15 bits per heavy atom. The van der Waals surface area contributed by atoms with Crippen molar-refractivity contribution in [2.75, 3.05) is 0 Å². The molecule has 0 saturated heterocycles. The van der Waals surface area contributed by atoms with Gasteiger partial charge in [-0.25, -0.2) is 0 Å². The van der Waals surface area contributed by atoms with Crippen LogP contribution in [0.5, 0.6) is 0 Å². The molecule has 0 aliphatic heterocycles.